The molecule has 316 valence electrons. The number of carbonyl (C=O) groups is 7. The van der Waals surface area contributed by atoms with Crippen LogP contribution >= 0.6 is 0 Å². The number of pyridine rings is 1. The van der Waals surface area contributed by atoms with E-state index in [0.717, 1.165) is 49.1 Å². The first-order valence-corrected chi connectivity index (χ1v) is 19.6. The number of nitrogens with zero attached hydrogens (tertiary/aromatic N) is 3. The van der Waals surface area contributed by atoms with E-state index in [-0.39, 0.29) is 42.1 Å². The minimum atomic E-state index is -0.869. The van der Waals surface area contributed by atoms with Crippen LogP contribution in [0.15, 0.2) is 31.1 Å². The minimum Gasteiger partial charge on any atom is -0.465 e. The summed E-state index contributed by atoms with van der Waals surface area (Å²) in [5, 5.41) is 16.8. The standard InChI is InChI=1S/C25H42N4O5.C8H8N2O2.C4H8.C2H6.2CH2O/c1-6-11-18(21(30)26-5)27-22(31)19-14-10-15-29(19)23(32)20(17-12-8-7-9-13-17)28-24(33)34-16-25(2,3)4;11-8(12)10-4-6-1-2-9-3-7(6)5-10;1-4-2-3-4;3*1-2/h6,17-20H,1,7-16H2,2-5H3,(H,26,30)(H,27,31)(H,28,33);1-3H,4-5H2,(H,11,12);4H,2-3H2,1H3;1-2H3;2*1H2. The Labute approximate surface area is 333 Å². The van der Waals surface area contributed by atoms with Gasteiger partial charge < -0.3 is 40.3 Å². The predicted octanol–water partition coefficient (Wildman–Crippen LogP) is 5.65. The van der Waals surface area contributed by atoms with E-state index >= 15 is 0 Å². The van der Waals surface area contributed by atoms with E-state index in [1.54, 1.807) is 23.4 Å². The molecule has 3 unspecified atom stereocenters. The van der Waals surface area contributed by atoms with Gasteiger partial charge in [-0.1, -0.05) is 79.7 Å². The summed E-state index contributed by atoms with van der Waals surface area (Å²) in [5.74, 6) is 0.163. The second kappa shape index (κ2) is 27.7. The SMILES string of the molecule is C=CCC(NC(=O)C1CCCN1C(=O)C(NC(=O)OCC(C)(C)C)C1CCCCC1)C(=O)NC.C=O.C=O.CC.CC1CC1.O=C(O)N1Cc2ccncc2C1. The quantitative estimate of drug-likeness (QED) is 0.226. The van der Waals surface area contributed by atoms with Crippen molar-refractivity contribution in [3.8, 4) is 0 Å². The maximum absolute atomic E-state index is 13.7. The number of carboxylic acid groups (broad SMARTS) is 1. The van der Waals surface area contributed by atoms with E-state index in [2.05, 4.69) is 34.4 Å². The van der Waals surface area contributed by atoms with E-state index in [1.165, 1.54) is 24.8 Å². The van der Waals surface area contributed by atoms with Crippen molar-refractivity contribution in [2.75, 3.05) is 20.2 Å². The Bertz CT molecular complexity index is 1330. The van der Waals surface area contributed by atoms with E-state index < -0.39 is 30.3 Å². The van der Waals surface area contributed by atoms with Crippen molar-refractivity contribution in [3.63, 3.8) is 0 Å². The molecule has 0 bridgehead atoms. The normalized spacial score (nSPS) is 17.8. The fourth-order valence-corrected chi connectivity index (χ4v) is 6.14. The van der Waals surface area contributed by atoms with E-state index in [4.69, 9.17) is 19.4 Å². The van der Waals surface area contributed by atoms with Crippen LogP contribution in [0.1, 0.15) is 117 Å². The Morgan fingerprint density at radius 2 is 1.54 bits per heavy atom. The Morgan fingerprint density at radius 3 is 2.04 bits per heavy atom. The maximum Gasteiger partial charge on any atom is 0.407 e. The highest BCUT2D eigenvalue weighted by molar-refractivity contribution is 5.94. The van der Waals surface area contributed by atoms with Crippen LogP contribution < -0.4 is 16.0 Å². The molecule has 3 heterocycles. The lowest BCUT2D eigenvalue weighted by molar-refractivity contribution is -0.142. The monoisotopic (exact) mass is 789 g/mol. The summed E-state index contributed by atoms with van der Waals surface area (Å²) in [4.78, 5) is 84.9. The number of alkyl carbamates (subject to hydrolysis) is 1. The molecule has 3 atom stereocenters. The highest BCUT2D eigenvalue weighted by Crippen LogP contribution is 2.30. The molecule has 5 amide bonds. The maximum atomic E-state index is 13.7. The summed E-state index contributed by atoms with van der Waals surface area (Å²) in [5.41, 5.74) is 1.89. The molecule has 1 aromatic heterocycles. The van der Waals surface area contributed by atoms with E-state index in [9.17, 15) is 24.0 Å². The van der Waals surface area contributed by atoms with Crippen LogP contribution in [-0.4, -0.2) is 102 Å². The van der Waals surface area contributed by atoms with Gasteiger partial charge in [0.2, 0.25) is 17.7 Å². The van der Waals surface area contributed by atoms with Crippen LogP contribution in [0, 0.1) is 17.3 Å². The fraction of sp³-hybridized carbons (Fsp3) is 0.659. The smallest absolute Gasteiger partial charge is 0.407 e. The van der Waals surface area contributed by atoms with Gasteiger partial charge in [-0.25, -0.2) is 9.59 Å². The zero-order valence-electron chi connectivity index (χ0n) is 34.8. The molecule has 15 nitrogen and oxygen atoms in total. The van der Waals surface area contributed by atoms with Crippen LogP contribution in [0.25, 0.3) is 0 Å². The first-order chi connectivity index (χ1) is 26.7. The zero-order valence-corrected chi connectivity index (χ0v) is 34.8. The number of carbonyl (C=O) groups excluding carboxylic acids is 6. The van der Waals surface area contributed by atoms with Crippen LogP contribution in [0.5, 0.6) is 0 Å². The second-order valence-electron chi connectivity index (χ2n) is 15.0. The third-order valence-corrected chi connectivity index (χ3v) is 9.28. The molecule has 4 N–H and O–H groups in total. The van der Waals surface area contributed by atoms with Gasteiger partial charge >= 0.3 is 12.2 Å². The number of amides is 5. The summed E-state index contributed by atoms with van der Waals surface area (Å²) >= 11 is 0. The van der Waals surface area contributed by atoms with Crippen LogP contribution in [0.3, 0.4) is 0 Å². The topological polar surface area (TPSA) is 204 Å². The van der Waals surface area contributed by atoms with Crippen molar-refractivity contribution >= 4 is 43.5 Å². The molecular formula is C41H68N6O9. The third-order valence-electron chi connectivity index (χ3n) is 9.28. The van der Waals surface area contributed by atoms with Crippen molar-refractivity contribution in [1.29, 1.82) is 0 Å². The number of nitrogens with one attached hydrogen (secondary N) is 3. The fourth-order valence-electron chi connectivity index (χ4n) is 6.14. The lowest BCUT2D eigenvalue weighted by Gasteiger charge is -2.34. The van der Waals surface area contributed by atoms with Crippen LogP contribution in [-0.2, 0) is 41.8 Å². The predicted molar refractivity (Wildman–Crippen MR) is 215 cm³/mol. The number of likely N-dealkylation sites (tertiary alicyclic amines) is 1. The zero-order chi connectivity index (χ0) is 42.8. The van der Waals surface area contributed by atoms with Gasteiger partial charge in [0, 0.05) is 32.5 Å². The molecule has 0 aromatic carbocycles. The summed E-state index contributed by atoms with van der Waals surface area (Å²) in [7, 11) is 1.51. The molecule has 3 fully saturated rings. The highest BCUT2D eigenvalue weighted by atomic mass is 16.5. The highest BCUT2D eigenvalue weighted by Gasteiger charge is 2.41. The van der Waals surface area contributed by atoms with Crippen molar-refractivity contribution in [2.45, 2.75) is 137 Å². The molecule has 4 aliphatic rings. The summed E-state index contributed by atoms with van der Waals surface area (Å²) in [6.45, 7) is 21.5. The average Bonchev–Trinajstić information content (AvgIpc) is 3.63. The summed E-state index contributed by atoms with van der Waals surface area (Å²) < 4.78 is 5.38. The number of ether oxygens (including phenoxy) is 1. The van der Waals surface area contributed by atoms with Gasteiger partial charge in [0.15, 0.2) is 0 Å². The molecule has 1 aromatic rings. The number of fused-ring (bicyclic) bond motifs is 1. The number of likely N-dealkylation sites (N-methyl/N-ethyl adjacent to an activating group) is 1. The molecule has 2 saturated carbocycles. The van der Waals surface area contributed by atoms with Crippen LogP contribution in [0.4, 0.5) is 9.59 Å². The van der Waals surface area contributed by atoms with Crippen molar-refractivity contribution < 1.29 is 43.4 Å². The Morgan fingerprint density at radius 1 is 0.946 bits per heavy atom. The molecule has 1 saturated heterocycles. The van der Waals surface area contributed by atoms with Gasteiger partial charge in [-0.2, -0.15) is 0 Å². The lowest BCUT2D eigenvalue weighted by Crippen LogP contribution is -2.57. The second-order valence-corrected chi connectivity index (χ2v) is 15.0. The van der Waals surface area contributed by atoms with Gasteiger partial charge in [-0.3, -0.25) is 24.3 Å². The van der Waals surface area contributed by atoms with Gasteiger partial charge in [-0.05, 0) is 66.5 Å². The molecule has 2 aliphatic carbocycles. The molecule has 2 aliphatic heterocycles. The number of hydrogen-bond donors (Lipinski definition) is 4. The Kier molecular flexibility index (Phi) is 25.3. The van der Waals surface area contributed by atoms with Gasteiger partial charge in [-0.15, -0.1) is 6.58 Å². The molecular weight excluding hydrogens is 720 g/mol. The number of hydrogen-bond acceptors (Lipinski definition) is 9. The van der Waals surface area contributed by atoms with Gasteiger partial charge in [0.05, 0.1) is 13.2 Å². The van der Waals surface area contributed by atoms with Crippen LogP contribution in [0.2, 0.25) is 0 Å². The van der Waals surface area contributed by atoms with Crippen molar-refractivity contribution in [2.24, 2.45) is 17.3 Å². The molecule has 56 heavy (non-hydrogen) atoms. The number of rotatable bonds is 9. The molecule has 0 spiro atoms. The first-order valence-electron chi connectivity index (χ1n) is 19.6. The largest absolute Gasteiger partial charge is 0.465 e. The molecule has 5 rings (SSSR count). The minimum absolute atomic E-state index is 0.00660. The van der Waals surface area contributed by atoms with Gasteiger partial charge in [0.25, 0.3) is 0 Å². The first kappa shape index (κ1) is 51.2. The summed E-state index contributed by atoms with van der Waals surface area (Å²) in [6, 6.07) is -0.294. The van der Waals surface area contributed by atoms with Crippen molar-refractivity contribution in [3.05, 3.63) is 42.2 Å². The molecule has 0 radical (unpaired) electrons. The average molecular weight is 789 g/mol. The van der Waals surface area contributed by atoms with E-state index in [1.807, 2.05) is 54.3 Å². The molecule has 15 heteroatoms. The third kappa shape index (κ3) is 18.7. The Hall–Kier alpha value is -4.82. The number of aromatic nitrogens is 1. The van der Waals surface area contributed by atoms with Crippen molar-refractivity contribution in [1.82, 2.24) is 30.7 Å². The van der Waals surface area contributed by atoms with Gasteiger partial charge in [0.1, 0.15) is 31.7 Å². The van der Waals surface area contributed by atoms with E-state index in [0.29, 0.717) is 32.5 Å². The lowest BCUT2D eigenvalue weighted by atomic mass is 9.83. The Balaban J connectivity index is 0.00000111. The summed E-state index contributed by atoms with van der Waals surface area (Å²) in [6.07, 6.45) is 12.8.